The lowest BCUT2D eigenvalue weighted by atomic mass is 10.1. The standard InChI is InChI=1S/C22H16BrN3O3/c1-14-11-16(23)7-8-19(14)26-21(28)18(20(27)24-22(26)29)12-15-9-10-25(13-15)17-5-3-2-4-6-17/h2-13H,1H3,(H,24,27,29)/b18-12-. The van der Waals surface area contributed by atoms with Crippen LogP contribution in [0.1, 0.15) is 11.1 Å². The van der Waals surface area contributed by atoms with Crippen molar-refractivity contribution in [1.29, 1.82) is 0 Å². The average molecular weight is 450 g/mol. The second-order valence-corrected chi connectivity index (χ2v) is 7.49. The fourth-order valence-electron chi connectivity index (χ4n) is 3.17. The molecule has 4 rings (SSSR count). The topological polar surface area (TPSA) is 71.4 Å². The predicted molar refractivity (Wildman–Crippen MR) is 114 cm³/mol. The Hall–Kier alpha value is -3.45. The molecule has 0 atom stereocenters. The van der Waals surface area contributed by atoms with E-state index in [2.05, 4.69) is 21.2 Å². The number of carbonyl (C=O) groups is 3. The van der Waals surface area contributed by atoms with Crippen LogP contribution in [0.15, 0.2) is 77.0 Å². The lowest BCUT2D eigenvalue weighted by Crippen LogP contribution is -2.54. The molecule has 0 bridgehead atoms. The molecule has 1 fully saturated rings. The number of para-hydroxylation sites is 1. The Morgan fingerprint density at radius 2 is 1.76 bits per heavy atom. The van der Waals surface area contributed by atoms with Crippen LogP contribution >= 0.6 is 15.9 Å². The summed E-state index contributed by atoms with van der Waals surface area (Å²) >= 11 is 3.37. The summed E-state index contributed by atoms with van der Waals surface area (Å²) < 4.78 is 2.72. The smallest absolute Gasteiger partial charge is 0.323 e. The van der Waals surface area contributed by atoms with Crippen LogP contribution in [0.3, 0.4) is 0 Å². The zero-order valence-corrected chi connectivity index (χ0v) is 17.0. The average Bonchev–Trinajstić information content (AvgIpc) is 3.16. The van der Waals surface area contributed by atoms with Gasteiger partial charge in [0.15, 0.2) is 0 Å². The van der Waals surface area contributed by atoms with Crippen molar-refractivity contribution in [3.05, 3.63) is 88.2 Å². The number of nitrogens with one attached hydrogen (secondary N) is 1. The Bertz CT molecular complexity index is 1170. The van der Waals surface area contributed by atoms with Gasteiger partial charge < -0.3 is 4.57 Å². The summed E-state index contributed by atoms with van der Waals surface area (Å²) in [5.74, 6) is -1.37. The largest absolute Gasteiger partial charge is 0.335 e. The van der Waals surface area contributed by atoms with Crippen molar-refractivity contribution in [2.24, 2.45) is 0 Å². The molecule has 0 unspecified atom stereocenters. The van der Waals surface area contributed by atoms with Crippen LogP contribution in [0, 0.1) is 6.92 Å². The number of carbonyl (C=O) groups excluding carboxylic acids is 3. The number of hydrogen-bond donors (Lipinski definition) is 1. The van der Waals surface area contributed by atoms with Gasteiger partial charge in [0.05, 0.1) is 5.69 Å². The molecule has 6 nitrogen and oxygen atoms in total. The SMILES string of the molecule is Cc1cc(Br)ccc1N1C(=O)NC(=O)/C(=C/c2ccn(-c3ccccc3)c2)C1=O. The van der Waals surface area contributed by atoms with Crippen molar-refractivity contribution in [3.8, 4) is 5.69 Å². The molecule has 0 radical (unpaired) electrons. The molecule has 1 aliphatic rings. The number of rotatable bonds is 3. The maximum absolute atomic E-state index is 13.0. The summed E-state index contributed by atoms with van der Waals surface area (Å²) in [6, 6.07) is 15.9. The van der Waals surface area contributed by atoms with Gasteiger partial charge >= 0.3 is 6.03 Å². The van der Waals surface area contributed by atoms with Crippen molar-refractivity contribution in [1.82, 2.24) is 9.88 Å². The van der Waals surface area contributed by atoms with E-state index in [-0.39, 0.29) is 5.57 Å². The fraction of sp³-hybridized carbons (Fsp3) is 0.0455. The van der Waals surface area contributed by atoms with Gasteiger partial charge in [0, 0.05) is 22.6 Å². The first-order valence-corrected chi connectivity index (χ1v) is 9.64. The maximum Gasteiger partial charge on any atom is 0.335 e. The third kappa shape index (κ3) is 3.64. The molecule has 1 saturated heterocycles. The van der Waals surface area contributed by atoms with Gasteiger partial charge in [-0.05, 0) is 60.5 Å². The van der Waals surface area contributed by atoms with Crippen molar-refractivity contribution in [3.63, 3.8) is 0 Å². The monoisotopic (exact) mass is 449 g/mol. The van der Waals surface area contributed by atoms with Crippen LogP contribution in [-0.2, 0) is 9.59 Å². The van der Waals surface area contributed by atoms with Gasteiger partial charge in [-0.15, -0.1) is 0 Å². The van der Waals surface area contributed by atoms with Crippen LogP contribution in [0.2, 0.25) is 0 Å². The van der Waals surface area contributed by atoms with E-state index >= 15 is 0 Å². The number of barbiturate groups is 1. The number of benzene rings is 2. The van der Waals surface area contributed by atoms with Gasteiger partial charge in [-0.25, -0.2) is 9.69 Å². The summed E-state index contributed by atoms with van der Waals surface area (Å²) in [7, 11) is 0. The second kappa shape index (κ2) is 7.52. The first-order valence-electron chi connectivity index (χ1n) is 8.85. The zero-order valence-electron chi connectivity index (χ0n) is 15.4. The van der Waals surface area contributed by atoms with Gasteiger partial charge in [0.25, 0.3) is 11.8 Å². The summed E-state index contributed by atoms with van der Waals surface area (Å²) in [6.45, 7) is 1.79. The Labute approximate surface area is 175 Å². The maximum atomic E-state index is 13.0. The van der Waals surface area contributed by atoms with Gasteiger partial charge in [-0.3, -0.25) is 14.9 Å². The van der Waals surface area contributed by atoms with Crippen LogP contribution in [0.4, 0.5) is 10.5 Å². The van der Waals surface area contributed by atoms with E-state index in [0.29, 0.717) is 11.3 Å². The van der Waals surface area contributed by atoms with Crippen LogP contribution < -0.4 is 10.2 Å². The first-order chi connectivity index (χ1) is 13.9. The molecule has 1 aromatic heterocycles. The number of amides is 4. The van der Waals surface area contributed by atoms with Crippen molar-refractivity contribution >= 4 is 45.5 Å². The Balaban J connectivity index is 1.70. The minimum atomic E-state index is -0.760. The van der Waals surface area contributed by atoms with Gasteiger partial charge in [0.2, 0.25) is 0 Å². The number of anilines is 1. The lowest BCUT2D eigenvalue weighted by Gasteiger charge is -2.27. The molecule has 144 valence electrons. The Kier molecular flexibility index (Phi) is 4.90. The molecule has 0 saturated carbocycles. The van der Waals surface area contributed by atoms with Crippen molar-refractivity contribution < 1.29 is 14.4 Å². The third-order valence-corrected chi connectivity index (χ3v) is 5.08. The Morgan fingerprint density at radius 3 is 2.48 bits per heavy atom. The highest BCUT2D eigenvalue weighted by atomic mass is 79.9. The summed E-state index contributed by atoms with van der Waals surface area (Å²) in [6.07, 6.45) is 5.15. The fourth-order valence-corrected chi connectivity index (χ4v) is 3.65. The van der Waals surface area contributed by atoms with E-state index in [1.165, 1.54) is 6.08 Å². The lowest BCUT2D eigenvalue weighted by molar-refractivity contribution is -0.122. The van der Waals surface area contributed by atoms with Crippen molar-refractivity contribution in [2.75, 3.05) is 4.90 Å². The van der Waals surface area contributed by atoms with Gasteiger partial charge in [0.1, 0.15) is 5.57 Å². The quantitative estimate of drug-likeness (QED) is 0.480. The number of halogens is 1. The molecular weight excluding hydrogens is 434 g/mol. The van der Waals surface area contributed by atoms with E-state index in [1.807, 2.05) is 47.3 Å². The number of imide groups is 2. The predicted octanol–water partition coefficient (Wildman–Crippen LogP) is 4.21. The summed E-state index contributed by atoms with van der Waals surface area (Å²) in [5.41, 5.74) is 2.69. The van der Waals surface area contributed by atoms with Crippen LogP contribution in [-0.4, -0.2) is 22.4 Å². The summed E-state index contributed by atoms with van der Waals surface area (Å²) in [5, 5.41) is 2.25. The molecule has 1 N–H and O–H groups in total. The minimum absolute atomic E-state index is 0.0993. The molecule has 7 heteroatoms. The van der Waals surface area contributed by atoms with E-state index < -0.39 is 17.8 Å². The number of urea groups is 1. The van der Waals surface area contributed by atoms with Crippen molar-refractivity contribution in [2.45, 2.75) is 6.92 Å². The van der Waals surface area contributed by atoms with E-state index in [9.17, 15) is 14.4 Å². The highest BCUT2D eigenvalue weighted by Gasteiger charge is 2.37. The molecule has 4 amide bonds. The number of hydrogen-bond acceptors (Lipinski definition) is 3. The van der Waals surface area contributed by atoms with E-state index in [4.69, 9.17) is 0 Å². The molecule has 0 aliphatic carbocycles. The Morgan fingerprint density at radius 1 is 1.00 bits per heavy atom. The van der Waals surface area contributed by atoms with Crippen LogP contribution in [0.5, 0.6) is 0 Å². The van der Waals surface area contributed by atoms with Gasteiger partial charge in [-0.2, -0.15) is 0 Å². The molecule has 3 aromatic rings. The highest BCUT2D eigenvalue weighted by Crippen LogP contribution is 2.27. The van der Waals surface area contributed by atoms with E-state index in [1.54, 1.807) is 31.2 Å². The number of nitrogens with zero attached hydrogens (tertiary/aromatic N) is 2. The molecule has 0 spiro atoms. The number of aromatic nitrogens is 1. The zero-order chi connectivity index (χ0) is 20.5. The van der Waals surface area contributed by atoms with Gasteiger partial charge in [-0.1, -0.05) is 34.1 Å². The highest BCUT2D eigenvalue weighted by molar-refractivity contribution is 9.10. The molecule has 2 heterocycles. The third-order valence-electron chi connectivity index (χ3n) is 4.58. The second-order valence-electron chi connectivity index (χ2n) is 6.58. The van der Waals surface area contributed by atoms with Crippen LogP contribution in [0.25, 0.3) is 11.8 Å². The molecule has 1 aliphatic heterocycles. The van der Waals surface area contributed by atoms with E-state index in [0.717, 1.165) is 20.6 Å². The molecule has 29 heavy (non-hydrogen) atoms. The normalized spacial score (nSPS) is 15.7. The minimum Gasteiger partial charge on any atom is -0.323 e. The molecular formula is C22H16BrN3O3. The first kappa shape index (κ1) is 18.9. The number of aryl methyl sites for hydroxylation is 1. The molecule has 2 aromatic carbocycles. The summed E-state index contributed by atoms with van der Waals surface area (Å²) in [4.78, 5) is 38.7.